The van der Waals surface area contributed by atoms with E-state index in [0.29, 0.717) is 17.2 Å². The van der Waals surface area contributed by atoms with Gasteiger partial charge in [0, 0.05) is 9.50 Å². The number of hydrogen-bond donors (Lipinski definition) is 0. The highest BCUT2D eigenvalue weighted by atomic mass is 79.9. The monoisotopic (exact) mass is 363 g/mol. The van der Waals surface area contributed by atoms with Crippen molar-refractivity contribution in [2.45, 2.75) is 26.7 Å². The van der Waals surface area contributed by atoms with Crippen molar-refractivity contribution >= 4 is 27.5 Å². The Morgan fingerprint density at radius 2 is 1.95 bits per heavy atom. The Morgan fingerprint density at radius 1 is 1.24 bits per heavy atom. The molecule has 0 aromatic heterocycles. The summed E-state index contributed by atoms with van der Waals surface area (Å²) in [5.74, 6) is 1.56. The van der Waals surface area contributed by atoms with Crippen molar-refractivity contribution in [3.63, 3.8) is 0 Å². The molecule has 0 saturated heterocycles. The predicted octanol–water partition coefficient (Wildman–Crippen LogP) is 6.20. The molecule has 4 heteroatoms. The topological polar surface area (TPSA) is 33.0 Å². The van der Waals surface area contributed by atoms with Gasteiger partial charge in [0.05, 0.1) is 0 Å². The van der Waals surface area contributed by atoms with E-state index in [-0.39, 0.29) is 0 Å². The first-order valence-electron chi connectivity index (χ1n) is 6.60. The first kappa shape index (κ1) is 15.9. The van der Waals surface area contributed by atoms with Crippen molar-refractivity contribution in [3.8, 4) is 17.6 Å². The molecule has 0 heterocycles. The van der Waals surface area contributed by atoms with Crippen LogP contribution in [0.4, 0.5) is 0 Å². The van der Waals surface area contributed by atoms with Gasteiger partial charge in [-0.2, -0.15) is 5.26 Å². The normalized spacial score (nSPS) is 10.5. The third-order valence-corrected chi connectivity index (χ3v) is 4.21. The summed E-state index contributed by atoms with van der Waals surface area (Å²) < 4.78 is 6.67. The van der Waals surface area contributed by atoms with Crippen LogP contribution < -0.4 is 4.74 Å². The minimum absolute atomic E-state index is 0.304. The maximum atomic E-state index is 9.25. The van der Waals surface area contributed by atoms with E-state index in [0.717, 1.165) is 26.4 Å². The van der Waals surface area contributed by atoms with Gasteiger partial charge in [-0.1, -0.05) is 31.5 Å². The summed E-state index contributed by atoms with van der Waals surface area (Å²) in [6.07, 6.45) is 0. The van der Waals surface area contributed by atoms with Crippen molar-refractivity contribution in [1.82, 2.24) is 0 Å². The van der Waals surface area contributed by atoms with E-state index in [1.54, 1.807) is 6.07 Å². The van der Waals surface area contributed by atoms with E-state index in [1.807, 2.05) is 31.2 Å². The average molecular weight is 365 g/mol. The number of rotatable bonds is 3. The first-order valence-corrected chi connectivity index (χ1v) is 7.77. The standard InChI is InChI=1S/C17H15BrClNO/c1-10(2)12-8-17(11(3)7-15(12)19)21-16-6-4-5-14(18)13(16)9-20/h4-8,10H,1-3H3. The molecule has 2 nitrogen and oxygen atoms in total. The molecule has 0 aliphatic rings. The molecular weight excluding hydrogens is 350 g/mol. The number of halogens is 2. The molecule has 0 saturated carbocycles. The highest BCUT2D eigenvalue weighted by Gasteiger charge is 2.13. The zero-order valence-electron chi connectivity index (χ0n) is 12.1. The Kier molecular flexibility index (Phi) is 4.92. The SMILES string of the molecule is Cc1cc(Cl)c(C(C)C)cc1Oc1cccc(Br)c1C#N. The van der Waals surface area contributed by atoms with Crippen LogP contribution in [0.15, 0.2) is 34.8 Å². The molecule has 0 N–H and O–H groups in total. The van der Waals surface area contributed by atoms with Crippen LogP contribution in [0.3, 0.4) is 0 Å². The zero-order chi connectivity index (χ0) is 15.6. The number of aryl methyl sites for hydroxylation is 1. The van der Waals surface area contributed by atoms with Gasteiger partial charge in [-0.05, 0) is 64.2 Å². The van der Waals surface area contributed by atoms with Crippen LogP contribution in [-0.4, -0.2) is 0 Å². The average Bonchev–Trinajstić information content (AvgIpc) is 2.41. The van der Waals surface area contributed by atoms with Gasteiger partial charge in [0.1, 0.15) is 23.1 Å². The molecule has 0 fully saturated rings. The number of benzene rings is 2. The van der Waals surface area contributed by atoms with E-state index in [4.69, 9.17) is 16.3 Å². The summed E-state index contributed by atoms with van der Waals surface area (Å²) in [6, 6.07) is 11.4. The fourth-order valence-corrected chi connectivity index (χ4v) is 2.91. The Morgan fingerprint density at radius 3 is 2.57 bits per heavy atom. The maximum absolute atomic E-state index is 9.25. The Bertz CT molecular complexity index is 719. The smallest absolute Gasteiger partial charge is 0.146 e. The molecule has 0 aliphatic heterocycles. The molecular formula is C17H15BrClNO. The summed E-state index contributed by atoms with van der Waals surface area (Å²) in [6.45, 7) is 6.11. The van der Waals surface area contributed by atoms with Crippen LogP contribution in [-0.2, 0) is 0 Å². The van der Waals surface area contributed by atoms with Gasteiger partial charge in [0.15, 0.2) is 0 Å². The second-order valence-electron chi connectivity index (χ2n) is 5.12. The van der Waals surface area contributed by atoms with Crippen LogP contribution in [0.5, 0.6) is 11.5 Å². The number of ether oxygens (including phenoxy) is 1. The lowest BCUT2D eigenvalue weighted by Crippen LogP contribution is -1.95. The third-order valence-electron chi connectivity index (χ3n) is 3.22. The lowest BCUT2D eigenvalue weighted by molar-refractivity contribution is 0.476. The summed E-state index contributed by atoms with van der Waals surface area (Å²) in [5, 5.41) is 9.99. The second-order valence-corrected chi connectivity index (χ2v) is 6.38. The van der Waals surface area contributed by atoms with Crippen molar-refractivity contribution in [2.75, 3.05) is 0 Å². The summed E-state index contributed by atoms with van der Waals surface area (Å²) in [5.41, 5.74) is 2.46. The molecule has 0 atom stereocenters. The van der Waals surface area contributed by atoms with Crippen molar-refractivity contribution in [2.24, 2.45) is 0 Å². The molecule has 0 amide bonds. The predicted molar refractivity (Wildman–Crippen MR) is 89.2 cm³/mol. The molecule has 2 rings (SSSR count). The Labute approximate surface area is 138 Å². The molecule has 0 radical (unpaired) electrons. The highest BCUT2D eigenvalue weighted by molar-refractivity contribution is 9.10. The molecule has 108 valence electrons. The van der Waals surface area contributed by atoms with Crippen LogP contribution in [0, 0.1) is 18.3 Å². The molecule has 21 heavy (non-hydrogen) atoms. The van der Waals surface area contributed by atoms with E-state index >= 15 is 0 Å². The van der Waals surface area contributed by atoms with Gasteiger partial charge in [-0.25, -0.2) is 0 Å². The number of nitrogens with zero attached hydrogens (tertiary/aromatic N) is 1. The summed E-state index contributed by atoms with van der Waals surface area (Å²) in [7, 11) is 0. The molecule has 0 unspecified atom stereocenters. The fourth-order valence-electron chi connectivity index (χ4n) is 2.04. The lowest BCUT2D eigenvalue weighted by atomic mass is 10.0. The van der Waals surface area contributed by atoms with Gasteiger partial charge >= 0.3 is 0 Å². The van der Waals surface area contributed by atoms with Crippen molar-refractivity contribution < 1.29 is 4.74 Å². The van der Waals surface area contributed by atoms with Crippen molar-refractivity contribution in [1.29, 1.82) is 5.26 Å². The van der Waals surface area contributed by atoms with Gasteiger partial charge in [0.2, 0.25) is 0 Å². The van der Waals surface area contributed by atoms with Gasteiger partial charge < -0.3 is 4.74 Å². The molecule has 0 spiro atoms. The van der Waals surface area contributed by atoms with E-state index in [9.17, 15) is 5.26 Å². The van der Waals surface area contributed by atoms with Gasteiger partial charge in [-0.15, -0.1) is 0 Å². The summed E-state index contributed by atoms with van der Waals surface area (Å²) in [4.78, 5) is 0. The summed E-state index contributed by atoms with van der Waals surface area (Å²) >= 11 is 9.63. The fraction of sp³-hybridized carbons (Fsp3) is 0.235. The minimum Gasteiger partial charge on any atom is -0.456 e. The quantitative estimate of drug-likeness (QED) is 0.649. The second kappa shape index (κ2) is 6.51. The Balaban J connectivity index is 2.48. The van der Waals surface area contributed by atoms with Crippen LogP contribution in [0.2, 0.25) is 5.02 Å². The van der Waals surface area contributed by atoms with E-state index in [2.05, 4.69) is 35.8 Å². The zero-order valence-corrected chi connectivity index (χ0v) is 14.4. The lowest BCUT2D eigenvalue weighted by Gasteiger charge is -2.15. The highest BCUT2D eigenvalue weighted by Crippen LogP contribution is 2.36. The van der Waals surface area contributed by atoms with Crippen LogP contribution >= 0.6 is 27.5 Å². The van der Waals surface area contributed by atoms with E-state index < -0.39 is 0 Å². The molecule has 0 aliphatic carbocycles. The maximum Gasteiger partial charge on any atom is 0.146 e. The number of hydrogen-bond acceptors (Lipinski definition) is 2. The van der Waals surface area contributed by atoms with Gasteiger partial charge in [0.25, 0.3) is 0 Å². The van der Waals surface area contributed by atoms with Crippen molar-refractivity contribution in [3.05, 3.63) is 56.5 Å². The molecule has 0 bridgehead atoms. The van der Waals surface area contributed by atoms with Crippen LogP contribution in [0.25, 0.3) is 0 Å². The van der Waals surface area contributed by atoms with Crippen LogP contribution in [0.1, 0.15) is 36.5 Å². The minimum atomic E-state index is 0.304. The largest absolute Gasteiger partial charge is 0.456 e. The molecule has 2 aromatic carbocycles. The van der Waals surface area contributed by atoms with E-state index in [1.165, 1.54) is 0 Å². The number of nitriles is 1. The molecule has 2 aromatic rings. The Hall–Kier alpha value is -1.50. The third kappa shape index (κ3) is 3.40. The van der Waals surface area contributed by atoms with Gasteiger partial charge in [-0.3, -0.25) is 0 Å². The first-order chi connectivity index (χ1) is 9.93.